The minimum Gasteiger partial charge on any atom is -0.256 e. The Bertz CT molecular complexity index is 1240. The van der Waals surface area contributed by atoms with Gasteiger partial charge in [-0.2, -0.15) is 0 Å². The van der Waals surface area contributed by atoms with Crippen molar-refractivity contribution in [1.82, 2.24) is 4.98 Å². The van der Waals surface area contributed by atoms with Gasteiger partial charge in [-0.25, -0.2) is 0 Å². The summed E-state index contributed by atoms with van der Waals surface area (Å²) in [6.07, 6.45) is 2.02. The molecular formula is C24H17NS. The molecule has 1 nitrogen and oxygen atoms in total. The van der Waals surface area contributed by atoms with E-state index >= 15 is 0 Å². The molecule has 2 heterocycles. The van der Waals surface area contributed by atoms with Crippen molar-refractivity contribution in [2.75, 3.05) is 0 Å². The zero-order valence-electron chi connectivity index (χ0n) is 14.4. The lowest BCUT2D eigenvalue weighted by atomic mass is 9.97. The lowest BCUT2D eigenvalue weighted by Gasteiger charge is -2.09. The quantitative estimate of drug-likeness (QED) is 0.331. The van der Waals surface area contributed by atoms with E-state index in [-0.39, 0.29) is 0 Å². The number of hydrogen-bond donors (Lipinski definition) is 0. The van der Waals surface area contributed by atoms with Crippen LogP contribution in [0.1, 0.15) is 5.56 Å². The monoisotopic (exact) mass is 351 g/mol. The molecule has 0 amide bonds. The molecule has 0 fully saturated rings. The van der Waals surface area contributed by atoms with Crippen LogP contribution in [0.3, 0.4) is 0 Å². The lowest BCUT2D eigenvalue weighted by Crippen LogP contribution is -1.87. The van der Waals surface area contributed by atoms with Crippen molar-refractivity contribution >= 4 is 31.5 Å². The van der Waals surface area contributed by atoms with Gasteiger partial charge in [0.1, 0.15) is 0 Å². The number of pyridine rings is 1. The van der Waals surface area contributed by atoms with Crippen LogP contribution in [0.5, 0.6) is 0 Å². The van der Waals surface area contributed by atoms with Gasteiger partial charge in [0.05, 0.1) is 5.69 Å². The number of nitrogens with zero attached hydrogens (tertiary/aromatic N) is 1. The Morgan fingerprint density at radius 3 is 2.38 bits per heavy atom. The van der Waals surface area contributed by atoms with E-state index in [0.29, 0.717) is 0 Å². The molecule has 0 saturated carbocycles. The van der Waals surface area contributed by atoms with Gasteiger partial charge >= 0.3 is 0 Å². The number of aryl methyl sites for hydroxylation is 1. The van der Waals surface area contributed by atoms with Gasteiger partial charge in [-0.3, -0.25) is 4.98 Å². The van der Waals surface area contributed by atoms with Crippen LogP contribution in [-0.4, -0.2) is 4.98 Å². The summed E-state index contributed by atoms with van der Waals surface area (Å²) in [5.74, 6) is 0. The fourth-order valence-electron chi connectivity index (χ4n) is 3.49. The maximum atomic E-state index is 4.77. The van der Waals surface area contributed by atoms with Gasteiger partial charge in [0, 0.05) is 31.9 Å². The maximum Gasteiger partial charge on any atom is 0.0716 e. The van der Waals surface area contributed by atoms with Crippen LogP contribution in [0.25, 0.3) is 42.6 Å². The second kappa shape index (κ2) is 6.08. The summed E-state index contributed by atoms with van der Waals surface area (Å²) < 4.78 is 2.60. The van der Waals surface area contributed by atoms with Crippen molar-refractivity contribution in [2.24, 2.45) is 0 Å². The lowest BCUT2D eigenvalue weighted by molar-refractivity contribution is 1.35. The Kier molecular flexibility index (Phi) is 3.58. The molecule has 3 aromatic carbocycles. The number of benzene rings is 3. The molecule has 0 atom stereocenters. The average Bonchev–Trinajstić information content (AvgIpc) is 3.07. The highest BCUT2D eigenvalue weighted by Gasteiger charge is 2.09. The van der Waals surface area contributed by atoms with Crippen LogP contribution in [0.2, 0.25) is 0 Å². The van der Waals surface area contributed by atoms with Crippen LogP contribution < -0.4 is 0 Å². The zero-order valence-corrected chi connectivity index (χ0v) is 15.3. The third kappa shape index (κ3) is 2.51. The van der Waals surface area contributed by atoms with Crippen LogP contribution in [0.15, 0.2) is 85.1 Å². The smallest absolute Gasteiger partial charge is 0.0716 e. The van der Waals surface area contributed by atoms with E-state index in [0.717, 1.165) is 11.3 Å². The van der Waals surface area contributed by atoms with Gasteiger partial charge in [0.25, 0.3) is 0 Å². The van der Waals surface area contributed by atoms with Gasteiger partial charge in [-0.1, -0.05) is 60.7 Å². The minimum atomic E-state index is 1.03. The largest absolute Gasteiger partial charge is 0.256 e. The normalized spacial score (nSPS) is 11.3. The number of fused-ring (bicyclic) bond motifs is 3. The van der Waals surface area contributed by atoms with Crippen molar-refractivity contribution in [3.63, 3.8) is 0 Å². The standard InChI is InChI=1S/C24H17NS/c1-16-11-12-18(13-20(16)17-7-3-2-4-8-17)22-14-24-21(15-25-22)19-9-5-6-10-23(19)26-24/h2-15H,1H3. The molecule has 0 bridgehead atoms. The topological polar surface area (TPSA) is 12.9 Å². The SMILES string of the molecule is Cc1ccc(-c2cc3sc4ccccc4c3cn2)cc1-c1ccccc1. The number of aromatic nitrogens is 1. The van der Waals surface area contributed by atoms with Gasteiger partial charge < -0.3 is 0 Å². The molecule has 0 aliphatic carbocycles. The van der Waals surface area contributed by atoms with Crippen molar-refractivity contribution in [3.05, 3.63) is 90.6 Å². The molecule has 124 valence electrons. The summed E-state index contributed by atoms with van der Waals surface area (Å²) in [6.45, 7) is 2.16. The van der Waals surface area contributed by atoms with Crippen molar-refractivity contribution < 1.29 is 0 Å². The highest BCUT2D eigenvalue weighted by atomic mass is 32.1. The number of hydrogen-bond acceptors (Lipinski definition) is 2. The summed E-state index contributed by atoms with van der Waals surface area (Å²) in [5.41, 5.74) is 5.98. The summed E-state index contributed by atoms with van der Waals surface area (Å²) in [4.78, 5) is 4.77. The van der Waals surface area contributed by atoms with Crippen LogP contribution in [-0.2, 0) is 0 Å². The van der Waals surface area contributed by atoms with E-state index in [2.05, 4.69) is 85.8 Å². The molecule has 2 heteroatoms. The Morgan fingerprint density at radius 1 is 0.692 bits per heavy atom. The average molecular weight is 351 g/mol. The molecule has 2 aromatic heterocycles. The summed E-state index contributed by atoms with van der Waals surface area (Å²) >= 11 is 1.83. The first-order chi connectivity index (χ1) is 12.8. The van der Waals surface area contributed by atoms with E-state index in [9.17, 15) is 0 Å². The van der Waals surface area contributed by atoms with Crippen LogP contribution >= 0.6 is 11.3 Å². The van der Waals surface area contributed by atoms with E-state index in [4.69, 9.17) is 4.98 Å². The van der Waals surface area contributed by atoms with Gasteiger partial charge in [-0.15, -0.1) is 11.3 Å². The molecule has 0 N–H and O–H groups in total. The first kappa shape index (κ1) is 15.3. The minimum absolute atomic E-state index is 1.03. The third-order valence-electron chi connectivity index (χ3n) is 4.88. The molecule has 0 aliphatic heterocycles. The second-order valence-corrected chi connectivity index (χ2v) is 7.64. The molecule has 0 unspecified atom stereocenters. The van der Waals surface area contributed by atoms with E-state index in [1.807, 2.05) is 17.5 Å². The van der Waals surface area contributed by atoms with E-state index in [1.54, 1.807) is 0 Å². The zero-order chi connectivity index (χ0) is 17.5. The first-order valence-corrected chi connectivity index (χ1v) is 9.55. The molecule has 5 rings (SSSR count). The highest BCUT2D eigenvalue weighted by Crippen LogP contribution is 2.36. The Hall–Kier alpha value is -2.97. The van der Waals surface area contributed by atoms with Gasteiger partial charge in [0.2, 0.25) is 0 Å². The number of rotatable bonds is 2. The first-order valence-electron chi connectivity index (χ1n) is 8.73. The molecule has 26 heavy (non-hydrogen) atoms. The van der Waals surface area contributed by atoms with Crippen molar-refractivity contribution in [3.8, 4) is 22.4 Å². The van der Waals surface area contributed by atoms with E-state index < -0.39 is 0 Å². The van der Waals surface area contributed by atoms with Crippen LogP contribution in [0.4, 0.5) is 0 Å². The summed E-state index contributed by atoms with van der Waals surface area (Å²) in [7, 11) is 0. The van der Waals surface area contributed by atoms with E-state index in [1.165, 1.54) is 36.9 Å². The maximum absolute atomic E-state index is 4.77. The second-order valence-electron chi connectivity index (χ2n) is 6.56. The predicted molar refractivity (Wildman–Crippen MR) is 113 cm³/mol. The fraction of sp³-hybridized carbons (Fsp3) is 0.0417. The molecule has 5 aromatic rings. The summed E-state index contributed by atoms with van der Waals surface area (Å²) in [5, 5.41) is 2.53. The molecule has 0 radical (unpaired) electrons. The van der Waals surface area contributed by atoms with Gasteiger partial charge in [0.15, 0.2) is 0 Å². The summed E-state index contributed by atoms with van der Waals surface area (Å²) in [6, 6.07) is 27.9. The molecule has 0 spiro atoms. The fourth-order valence-corrected chi connectivity index (χ4v) is 4.60. The third-order valence-corrected chi connectivity index (χ3v) is 6.01. The molecule has 0 saturated heterocycles. The molecule has 0 aliphatic rings. The Morgan fingerprint density at radius 2 is 1.50 bits per heavy atom. The van der Waals surface area contributed by atoms with Crippen LogP contribution in [0, 0.1) is 6.92 Å². The van der Waals surface area contributed by atoms with Crippen molar-refractivity contribution in [2.45, 2.75) is 6.92 Å². The highest BCUT2D eigenvalue weighted by molar-refractivity contribution is 7.25. The molecular weight excluding hydrogens is 334 g/mol. The number of thiophene rings is 1. The predicted octanol–water partition coefficient (Wildman–Crippen LogP) is 7.09. The Labute approximate surface area is 156 Å². The van der Waals surface area contributed by atoms with Crippen molar-refractivity contribution in [1.29, 1.82) is 0 Å². The van der Waals surface area contributed by atoms with Gasteiger partial charge in [-0.05, 0) is 41.8 Å². The Balaban J connectivity index is 1.67.